The number of H-pyrrole nitrogens is 1. The molecule has 1 N–H and O–H groups in total. The van der Waals surface area contributed by atoms with Crippen LogP contribution in [0.2, 0.25) is 0 Å². The van der Waals surface area contributed by atoms with Crippen molar-refractivity contribution in [3.63, 3.8) is 0 Å². The fourth-order valence-corrected chi connectivity index (χ4v) is 5.27. The van der Waals surface area contributed by atoms with Gasteiger partial charge in [-0.3, -0.25) is 24.4 Å². The first-order chi connectivity index (χ1) is 22.4. The average molecular weight is 692 g/mol. The van der Waals surface area contributed by atoms with Crippen molar-refractivity contribution in [3.8, 4) is 0 Å². The van der Waals surface area contributed by atoms with E-state index in [4.69, 9.17) is 14.2 Å². The molecule has 276 valence electrons. The number of aryl methyl sites for hydroxylation is 1. The first-order valence-electron chi connectivity index (χ1n) is 16.9. The molecule has 0 bridgehead atoms. The zero-order valence-corrected chi connectivity index (χ0v) is 31.5. The van der Waals surface area contributed by atoms with Gasteiger partial charge in [-0.05, 0) is 108 Å². The number of carbonyl (C=O) groups is 6. The summed E-state index contributed by atoms with van der Waals surface area (Å²) in [4.78, 5) is 74.1. The number of nitrogens with zero attached hydrogens (tertiary/aromatic N) is 4. The fourth-order valence-electron chi connectivity index (χ4n) is 5.27. The Kier molecular flexibility index (Phi) is 14.0. The molecule has 3 amide bonds. The summed E-state index contributed by atoms with van der Waals surface area (Å²) in [6.45, 7) is 23.7. The molecule has 3 aliphatic rings. The number of Topliss-reactive ketones (excluding diaryl/α,β-unsaturated/α-hetero) is 3. The maximum absolute atomic E-state index is 11.9. The predicted molar refractivity (Wildman–Crippen MR) is 182 cm³/mol. The molecule has 2 fully saturated rings. The topological polar surface area (TPSA) is 169 Å². The summed E-state index contributed by atoms with van der Waals surface area (Å²) in [6, 6.07) is -0.161. The van der Waals surface area contributed by atoms with E-state index < -0.39 is 28.8 Å². The zero-order chi connectivity index (χ0) is 37.5. The SMILES string of the molecule is CC(=O)C1CC(C)N(C(=O)OC(C)(C)C)CC1=O.CC(C)(C)OC(=O)N1CCCC(=O)C1.Cc1[nH]nc2c1CCN(C(=O)OC(C)(C)C)C2. The molecule has 3 aliphatic heterocycles. The van der Waals surface area contributed by atoms with Crippen LogP contribution in [0.15, 0.2) is 0 Å². The van der Waals surface area contributed by atoms with Crippen LogP contribution in [0.3, 0.4) is 0 Å². The van der Waals surface area contributed by atoms with Crippen LogP contribution in [0.1, 0.15) is 112 Å². The van der Waals surface area contributed by atoms with Gasteiger partial charge in [0.05, 0.1) is 31.2 Å². The molecule has 14 heteroatoms. The molecule has 2 unspecified atom stereocenters. The minimum atomic E-state index is -0.586. The van der Waals surface area contributed by atoms with Crippen LogP contribution in [-0.4, -0.2) is 110 Å². The number of ketones is 3. The first kappa shape index (κ1) is 41.2. The number of rotatable bonds is 1. The fraction of sp³-hybridized carbons (Fsp3) is 0.743. The Morgan fingerprint density at radius 3 is 1.76 bits per heavy atom. The van der Waals surface area contributed by atoms with Gasteiger partial charge in [0, 0.05) is 31.2 Å². The second-order valence-corrected chi connectivity index (χ2v) is 15.8. The van der Waals surface area contributed by atoms with Gasteiger partial charge >= 0.3 is 18.3 Å². The molecule has 4 heterocycles. The summed E-state index contributed by atoms with van der Waals surface area (Å²) in [6.07, 6.45) is 1.42. The van der Waals surface area contributed by atoms with Crippen LogP contribution in [0.25, 0.3) is 0 Å². The third-order valence-corrected chi connectivity index (χ3v) is 7.63. The summed E-state index contributed by atoms with van der Waals surface area (Å²) in [5.74, 6) is -0.789. The van der Waals surface area contributed by atoms with E-state index in [1.165, 1.54) is 22.3 Å². The molecular formula is C35H57N5O9. The number of hydrogen-bond acceptors (Lipinski definition) is 10. The average Bonchev–Trinajstić information content (AvgIpc) is 3.31. The lowest BCUT2D eigenvalue weighted by Crippen LogP contribution is -2.52. The Bertz CT molecular complexity index is 1370. The molecular weight excluding hydrogens is 634 g/mol. The highest BCUT2D eigenvalue weighted by molar-refractivity contribution is 6.03. The minimum Gasteiger partial charge on any atom is -0.444 e. The molecule has 0 aromatic carbocycles. The van der Waals surface area contributed by atoms with E-state index in [2.05, 4.69) is 10.2 Å². The number of fused-ring (bicyclic) bond motifs is 1. The van der Waals surface area contributed by atoms with Crippen molar-refractivity contribution in [1.82, 2.24) is 24.9 Å². The van der Waals surface area contributed by atoms with Crippen LogP contribution in [0.4, 0.5) is 14.4 Å². The highest BCUT2D eigenvalue weighted by Crippen LogP contribution is 2.24. The summed E-state index contributed by atoms with van der Waals surface area (Å²) < 4.78 is 15.7. The van der Waals surface area contributed by atoms with Crippen molar-refractivity contribution in [3.05, 3.63) is 17.0 Å². The molecule has 0 spiro atoms. The first-order valence-corrected chi connectivity index (χ1v) is 16.9. The molecule has 14 nitrogen and oxygen atoms in total. The van der Waals surface area contributed by atoms with E-state index >= 15 is 0 Å². The van der Waals surface area contributed by atoms with Gasteiger partial charge in [0.15, 0.2) is 11.6 Å². The monoisotopic (exact) mass is 691 g/mol. The number of carbonyl (C=O) groups excluding carboxylic acids is 6. The van der Waals surface area contributed by atoms with E-state index in [-0.39, 0.29) is 48.7 Å². The van der Waals surface area contributed by atoms with Crippen LogP contribution in [0.5, 0.6) is 0 Å². The van der Waals surface area contributed by atoms with E-state index in [1.54, 1.807) is 25.7 Å². The second kappa shape index (κ2) is 16.6. The van der Waals surface area contributed by atoms with Gasteiger partial charge in [-0.15, -0.1) is 0 Å². The van der Waals surface area contributed by atoms with Gasteiger partial charge in [-0.2, -0.15) is 5.10 Å². The Morgan fingerprint density at radius 1 is 0.755 bits per heavy atom. The van der Waals surface area contributed by atoms with Crippen LogP contribution >= 0.6 is 0 Å². The van der Waals surface area contributed by atoms with E-state index in [0.29, 0.717) is 32.5 Å². The molecule has 1 aromatic heterocycles. The quantitative estimate of drug-likeness (QED) is 0.298. The molecule has 4 rings (SSSR count). The Morgan fingerprint density at radius 2 is 1.27 bits per heavy atom. The number of nitrogens with one attached hydrogen (secondary N) is 1. The molecule has 0 saturated carbocycles. The zero-order valence-electron chi connectivity index (χ0n) is 31.5. The molecule has 0 aliphatic carbocycles. The lowest BCUT2D eigenvalue weighted by Gasteiger charge is -2.36. The van der Waals surface area contributed by atoms with E-state index in [0.717, 1.165) is 24.2 Å². The molecule has 2 atom stereocenters. The Hall–Kier alpha value is -3.97. The number of aromatic nitrogens is 2. The van der Waals surface area contributed by atoms with Crippen molar-refractivity contribution >= 4 is 35.6 Å². The highest BCUT2D eigenvalue weighted by Gasteiger charge is 2.38. The number of aromatic amines is 1. The lowest BCUT2D eigenvalue weighted by atomic mass is 9.88. The van der Waals surface area contributed by atoms with E-state index in [1.807, 2.05) is 55.4 Å². The van der Waals surface area contributed by atoms with Crippen LogP contribution in [0, 0.1) is 12.8 Å². The van der Waals surface area contributed by atoms with E-state index in [9.17, 15) is 28.8 Å². The van der Waals surface area contributed by atoms with Gasteiger partial charge in [-0.25, -0.2) is 14.4 Å². The number of piperidine rings is 2. The number of likely N-dealkylation sites (tertiary alicyclic amines) is 2. The summed E-state index contributed by atoms with van der Waals surface area (Å²) >= 11 is 0. The van der Waals surface area contributed by atoms with Crippen molar-refractivity contribution in [1.29, 1.82) is 0 Å². The standard InChI is InChI=1S/C13H21NO4.C12H19N3O2.C10H17NO3/c1-8-6-10(9(2)15)11(16)7-14(8)12(17)18-13(3,4)5;1-8-9-5-6-15(7-10(9)14-13-8)11(16)17-12(2,3)4;1-10(2,3)14-9(13)11-6-4-5-8(12)7-11/h8,10H,6-7H2,1-5H3;5-7H2,1-4H3,(H,13,14);4-7H2,1-3H3. The van der Waals surface area contributed by atoms with Gasteiger partial charge < -0.3 is 24.0 Å². The van der Waals surface area contributed by atoms with Crippen molar-refractivity contribution in [2.75, 3.05) is 26.2 Å². The van der Waals surface area contributed by atoms with Crippen molar-refractivity contribution < 1.29 is 43.0 Å². The highest BCUT2D eigenvalue weighted by atomic mass is 16.6. The molecule has 49 heavy (non-hydrogen) atoms. The second-order valence-electron chi connectivity index (χ2n) is 15.8. The summed E-state index contributed by atoms with van der Waals surface area (Å²) in [5, 5.41) is 7.17. The predicted octanol–water partition coefficient (Wildman–Crippen LogP) is 5.39. The molecule has 1 aromatic rings. The Balaban J connectivity index is 0.000000257. The van der Waals surface area contributed by atoms with Crippen molar-refractivity contribution in [2.45, 2.75) is 138 Å². The third-order valence-electron chi connectivity index (χ3n) is 7.63. The number of amides is 3. The molecule has 2 saturated heterocycles. The smallest absolute Gasteiger partial charge is 0.410 e. The van der Waals surface area contributed by atoms with Gasteiger partial charge in [0.1, 0.15) is 22.6 Å². The third kappa shape index (κ3) is 13.8. The van der Waals surface area contributed by atoms with Gasteiger partial charge in [-0.1, -0.05) is 0 Å². The van der Waals surface area contributed by atoms with Crippen LogP contribution in [-0.2, 0) is 41.6 Å². The normalized spacial score (nSPS) is 19.8. The van der Waals surface area contributed by atoms with Gasteiger partial charge in [0.2, 0.25) is 0 Å². The van der Waals surface area contributed by atoms with Crippen molar-refractivity contribution in [2.24, 2.45) is 5.92 Å². The Labute approximate surface area is 290 Å². The molecule has 0 radical (unpaired) electrons. The summed E-state index contributed by atoms with van der Waals surface area (Å²) in [7, 11) is 0. The maximum atomic E-state index is 11.9. The lowest BCUT2D eigenvalue weighted by molar-refractivity contribution is -0.136. The van der Waals surface area contributed by atoms with Crippen LogP contribution < -0.4 is 0 Å². The minimum absolute atomic E-state index is 0.0413. The number of ether oxygens (including phenoxy) is 3. The van der Waals surface area contributed by atoms with Gasteiger partial charge in [0.25, 0.3) is 0 Å². The summed E-state index contributed by atoms with van der Waals surface area (Å²) in [5.41, 5.74) is 1.78. The maximum Gasteiger partial charge on any atom is 0.410 e. The largest absolute Gasteiger partial charge is 0.444 e. The number of hydrogen-bond donors (Lipinski definition) is 1.